The molecule has 3 amide bonds. The monoisotopic (exact) mass is 387 g/mol. The van der Waals surface area contributed by atoms with Crippen molar-refractivity contribution in [1.82, 2.24) is 20.8 Å². The summed E-state index contributed by atoms with van der Waals surface area (Å²) in [6.07, 6.45) is 1.76. The molecule has 152 valence electrons. The first-order valence-corrected chi connectivity index (χ1v) is 8.26. The number of carboxylic acids is 1. The molecule has 0 fully saturated rings. The first kappa shape index (κ1) is 22.3. The second kappa shape index (κ2) is 11.1. The first-order chi connectivity index (χ1) is 12.8. The van der Waals surface area contributed by atoms with Crippen LogP contribution in [0.5, 0.6) is 0 Å². The second-order valence-electron chi connectivity index (χ2n) is 5.80. The molecule has 1 aromatic heterocycles. The summed E-state index contributed by atoms with van der Waals surface area (Å²) < 4.78 is 5.05. The highest BCUT2D eigenvalue weighted by molar-refractivity contribution is 5.83. The fourth-order valence-electron chi connectivity index (χ4n) is 2.12. The van der Waals surface area contributed by atoms with Crippen molar-refractivity contribution in [2.45, 2.75) is 43.8 Å². The van der Waals surface area contributed by atoms with E-state index in [1.54, 1.807) is 0 Å². The van der Waals surface area contributed by atoms with Crippen LogP contribution in [0.15, 0.2) is 4.52 Å². The molecule has 0 spiro atoms. The zero-order chi connectivity index (χ0) is 20.4. The molecule has 0 aliphatic heterocycles. The highest BCUT2D eigenvalue weighted by Crippen LogP contribution is 2.19. The average molecular weight is 387 g/mol. The number of hydrogen-bond acceptors (Lipinski definition) is 9. The number of carbonyl (C=O) groups excluding carboxylic acids is 2. The molecule has 1 aromatic rings. The van der Waals surface area contributed by atoms with Crippen molar-refractivity contribution >= 4 is 17.9 Å². The number of hydrogen-bond donors (Lipinski definition) is 7. The summed E-state index contributed by atoms with van der Waals surface area (Å²) in [5.74, 6) is -2.10. The molecule has 0 aliphatic carbocycles. The van der Waals surface area contributed by atoms with Gasteiger partial charge in [-0.1, -0.05) is 11.6 Å². The number of unbranched alkanes of at least 4 members (excludes halogenated alkanes) is 1. The quantitative estimate of drug-likeness (QED) is 0.192. The SMILES string of the molecule is NCCCC[C@H](N)c1noc([C@H](CC(N)=O)NC(=O)NC(CO)C(=O)O)n1. The fraction of sp³-hybridized carbons (Fsp3) is 0.643. The van der Waals surface area contributed by atoms with E-state index in [1.807, 2.05) is 5.32 Å². The molecule has 13 heteroatoms. The Labute approximate surface area is 154 Å². The van der Waals surface area contributed by atoms with Crippen LogP contribution in [0, 0.1) is 0 Å². The number of aliphatic hydroxyl groups excluding tert-OH is 1. The Balaban J connectivity index is 2.80. The largest absolute Gasteiger partial charge is 0.480 e. The predicted octanol–water partition coefficient (Wildman–Crippen LogP) is -2.14. The van der Waals surface area contributed by atoms with Gasteiger partial charge in [-0.25, -0.2) is 9.59 Å². The fourth-order valence-corrected chi connectivity index (χ4v) is 2.12. The Hall–Kier alpha value is -2.77. The Bertz CT molecular complexity index is 637. The lowest BCUT2D eigenvalue weighted by atomic mass is 10.1. The number of urea groups is 1. The van der Waals surface area contributed by atoms with Crippen LogP contribution in [-0.2, 0) is 9.59 Å². The number of aliphatic hydroxyl groups is 1. The van der Waals surface area contributed by atoms with Gasteiger partial charge in [0.1, 0.15) is 6.04 Å². The lowest BCUT2D eigenvalue weighted by molar-refractivity contribution is -0.140. The number of carboxylic acid groups (broad SMARTS) is 1. The molecular weight excluding hydrogens is 362 g/mol. The zero-order valence-electron chi connectivity index (χ0n) is 14.6. The maximum absolute atomic E-state index is 11.9. The molecule has 0 radical (unpaired) electrons. The Morgan fingerprint density at radius 3 is 2.48 bits per heavy atom. The summed E-state index contributed by atoms with van der Waals surface area (Å²) in [6.45, 7) is -0.277. The molecule has 13 nitrogen and oxygen atoms in total. The maximum Gasteiger partial charge on any atom is 0.328 e. The first-order valence-electron chi connectivity index (χ1n) is 8.26. The third-order valence-electron chi connectivity index (χ3n) is 3.55. The highest BCUT2D eigenvalue weighted by atomic mass is 16.5. The van der Waals surface area contributed by atoms with E-state index in [1.165, 1.54) is 0 Å². The van der Waals surface area contributed by atoms with E-state index in [-0.39, 0.29) is 18.1 Å². The molecule has 0 bridgehead atoms. The van der Waals surface area contributed by atoms with Crippen molar-refractivity contribution in [2.24, 2.45) is 17.2 Å². The normalized spacial score (nSPS) is 14.2. The molecule has 1 heterocycles. The van der Waals surface area contributed by atoms with E-state index in [0.717, 1.165) is 12.8 Å². The average Bonchev–Trinajstić information content (AvgIpc) is 3.08. The number of rotatable bonds is 12. The van der Waals surface area contributed by atoms with Crippen LogP contribution in [-0.4, -0.2) is 57.5 Å². The number of amides is 3. The van der Waals surface area contributed by atoms with Gasteiger partial charge in [0.15, 0.2) is 11.9 Å². The molecule has 0 aromatic carbocycles. The number of aromatic nitrogens is 2. The third-order valence-corrected chi connectivity index (χ3v) is 3.55. The zero-order valence-corrected chi connectivity index (χ0v) is 14.6. The maximum atomic E-state index is 11.9. The topological polar surface area (TPSA) is 233 Å². The minimum Gasteiger partial charge on any atom is -0.480 e. The Morgan fingerprint density at radius 2 is 1.93 bits per heavy atom. The number of carbonyl (C=O) groups is 3. The van der Waals surface area contributed by atoms with Crippen molar-refractivity contribution in [3.63, 3.8) is 0 Å². The molecule has 10 N–H and O–H groups in total. The van der Waals surface area contributed by atoms with Crippen LogP contribution < -0.4 is 27.8 Å². The van der Waals surface area contributed by atoms with E-state index < -0.39 is 42.6 Å². The molecule has 0 saturated carbocycles. The number of nitrogens with one attached hydrogen (secondary N) is 2. The molecule has 3 atom stereocenters. The van der Waals surface area contributed by atoms with Crippen molar-refractivity contribution in [3.05, 3.63) is 11.7 Å². The molecule has 0 aliphatic rings. The van der Waals surface area contributed by atoms with Gasteiger partial charge in [0.25, 0.3) is 0 Å². The van der Waals surface area contributed by atoms with Gasteiger partial charge in [-0.05, 0) is 19.4 Å². The van der Waals surface area contributed by atoms with Gasteiger partial charge in [0.2, 0.25) is 11.8 Å². The number of primary amides is 1. The van der Waals surface area contributed by atoms with Crippen LogP contribution in [0.25, 0.3) is 0 Å². The molecule has 27 heavy (non-hydrogen) atoms. The summed E-state index contributed by atoms with van der Waals surface area (Å²) in [5, 5.41) is 25.8. The number of nitrogens with two attached hydrogens (primary N) is 3. The van der Waals surface area contributed by atoms with Crippen LogP contribution in [0.2, 0.25) is 0 Å². The van der Waals surface area contributed by atoms with Crippen molar-refractivity contribution in [3.8, 4) is 0 Å². The Morgan fingerprint density at radius 1 is 1.22 bits per heavy atom. The standard InChI is InChI=1S/C14H25N7O6/c15-4-2-1-3-7(16)11-20-12(27-21-11)8(5-10(17)23)18-14(26)19-9(6-22)13(24)25/h7-9,22H,1-6,15-16H2,(H2,17,23)(H,24,25)(H2,18,19,26)/t7-,8-,9?/m0/s1. The van der Waals surface area contributed by atoms with Gasteiger partial charge in [-0.2, -0.15) is 4.98 Å². The summed E-state index contributed by atoms with van der Waals surface area (Å²) in [7, 11) is 0. The predicted molar refractivity (Wildman–Crippen MR) is 90.9 cm³/mol. The molecular formula is C14H25N7O6. The van der Waals surface area contributed by atoms with E-state index >= 15 is 0 Å². The van der Waals surface area contributed by atoms with Gasteiger partial charge in [0.05, 0.1) is 19.1 Å². The van der Waals surface area contributed by atoms with Crippen molar-refractivity contribution in [2.75, 3.05) is 13.2 Å². The molecule has 1 unspecified atom stereocenters. The number of nitrogens with zero attached hydrogens (tertiary/aromatic N) is 2. The summed E-state index contributed by atoms with van der Waals surface area (Å²) in [6, 6.07) is -4.08. The lowest BCUT2D eigenvalue weighted by Gasteiger charge is -2.16. The van der Waals surface area contributed by atoms with Gasteiger partial charge in [0, 0.05) is 0 Å². The van der Waals surface area contributed by atoms with E-state index in [9.17, 15) is 14.4 Å². The lowest BCUT2D eigenvalue weighted by Crippen LogP contribution is -2.49. The van der Waals surface area contributed by atoms with Crippen LogP contribution in [0.3, 0.4) is 0 Å². The number of aliphatic carboxylic acids is 1. The van der Waals surface area contributed by atoms with Crippen molar-refractivity contribution < 1.29 is 29.1 Å². The third kappa shape index (κ3) is 7.55. The highest BCUT2D eigenvalue weighted by Gasteiger charge is 2.26. The van der Waals surface area contributed by atoms with E-state index in [0.29, 0.717) is 13.0 Å². The van der Waals surface area contributed by atoms with Crippen LogP contribution >= 0.6 is 0 Å². The van der Waals surface area contributed by atoms with Crippen LogP contribution in [0.4, 0.5) is 4.79 Å². The van der Waals surface area contributed by atoms with E-state index in [4.69, 9.17) is 31.9 Å². The van der Waals surface area contributed by atoms with Gasteiger partial charge in [-0.3, -0.25) is 4.79 Å². The minimum atomic E-state index is -1.52. The van der Waals surface area contributed by atoms with Crippen LogP contribution in [0.1, 0.15) is 49.5 Å². The van der Waals surface area contributed by atoms with Crippen molar-refractivity contribution in [1.29, 1.82) is 0 Å². The molecule has 1 rings (SSSR count). The van der Waals surface area contributed by atoms with Gasteiger partial charge < -0.3 is 42.6 Å². The van der Waals surface area contributed by atoms with E-state index in [2.05, 4.69) is 15.5 Å². The summed E-state index contributed by atoms with van der Waals surface area (Å²) in [4.78, 5) is 38.1. The summed E-state index contributed by atoms with van der Waals surface area (Å²) >= 11 is 0. The summed E-state index contributed by atoms with van der Waals surface area (Å²) in [5.41, 5.74) is 16.5. The van der Waals surface area contributed by atoms with Gasteiger partial charge >= 0.3 is 12.0 Å². The smallest absolute Gasteiger partial charge is 0.328 e. The van der Waals surface area contributed by atoms with Gasteiger partial charge in [-0.15, -0.1) is 0 Å². The second-order valence-corrected chi connectivity index (χ2v) is 5.80. The molecule has 0 saturated heterocycles. The minimum absolute atomic E-state index is 0.107. The Kier molecular flexibility index (Phi) is 9.12.